The van der Waals surface area contributed by atoms with Crippen molar-refractivity contribution in [1.29, 1.82) is 5.26 Å². The molecular formula is C33H43F2N11O7. The first-order valence-corrected chi connectivity index (χ1v) is 16.8. The van der Waals surface area contributed by atoms with E-state index in [1.165, 1.54) is 24.4 Å². The number of aliphatic imine (C=N–C) groups is 1. The first-order chi connectivity index (χ1) is 25.1. The molecule has 286 valence electrons. The number of amides is 5. The molecule has 1 aromatic carbocycles. The number of unbranched alkanes of at least 4 members (excludes halogenated alkanes) is 1. The second-order valence-electron chi connectivity index (χ2n) is 12.3. The Morgan fingerprint density at radius 3 is 2.43 bits per heavy atom. The number of aromatic nitrogens is 1. The number of carbonyl (C=O) groups excluding carboxylic acids is 5. The van der Waals surface area contributed by atoms with Gasteiger partial charge in [0.1, 0.15) is 18.1 Å². The average Bonchev–Trinajstić information content (AvgIpc) is 3.44. The lowest BCUT2D eigenvalue weighted by Crippen LogP contribution is -2.51. The molecule has 0 saturated carbocycles. The number of alkyl halides is 2. The molecule has 0 bridgehead atoms. The number of likely N-dealkylation sites (tertiary alicyclic amines) is 1. The Morgan fingerprint density at radius 1 is 1.04 bits per heavy atom. The molecule has 0 radical (unpaired) electrons. The summed E-state index contributed by atoms with van der Waals surface area (Å²) in [4.78, 5) is 84.9. The molecular weight excluding hydrogens is 700 g/mol. The van der Waals surface area contributed by atoms with Gasteiger partial charge >= 0.3 is 5.97 Å². The van der Waals surface area contributed by atoms with E-state index in [2.05, 4.69) is 31.2 Å². The van der Waals surface area contributed by atoms with Crippen molar-refractivity contribution < 1.29 is 42.7 Å². The van der Waals surface area contributed by atoms with Gasteiger partial charge in [-0.1, -0.05) is 12.1 Å². The summed E-state index contributed by atoms with van der Waals surface area (Å²) >= 11 is 0. The van der Waals surface area contributed by atoms with Crippen molar-refractivity contribution in [3.63, 3.8) is 0 Å². The van der Waals surface area contributed by atoms with Crippen LogP contribution in [0.1, 0.15) is 61.7 Å². The number of fused-ring (bicyclic) bond motifs is 1. The van der Waals surface area contributed by atoms with Crippen LogP contribution < -0.4 is 38.5 Å². The normalized spacial score (nSPS) is 15.7. The van der Waals surface area contributed by atoms with Crippen LogP contribution in [0, 0.1) is 11.3 Å². The van der Waals surface area contributed by atoms with Crippen molar-refractivity contribution in [2.45, 2.75) is 75.4 Å². The Morgan fingerprint density at radius 2 is 1.75 bits per heavy atom. The number of halogens is 2. The van der Waals surface area contributed by atoms with Crippen LogP contribution >= 0.6 is 0 Å². The number of rotatable bonds is 19. The molecule has 0 spiro atoms. The second-order valence-corrected chi connectivity index (χ2v) is 12.3. The lowest BCUT2D eigenvalue weighted by molar-refractivity contribution is -0.142. The molecule has 1 fully saturated rings. The highest BCUT2D eigenvalue weighted by Crippen LogP contribution is 2.31. The van der Waals surface area contributed by atoms with Gasteiger partial charge in [0.25, 0.3) is 11.8 Å². The largest absolute Gasteiger partial charge is 0.480 e. The van der Waals surface area contributed by atoms with E-state index in [0.717, 1.165) is 4.90 Å². The molecule has 1 aromatic heterocycles. The summed E-state index contributed by atoms with van der Waals surface area (Å²) in [6.45, 7) is -1.06. The summed E-state index contributed by atoms with van der Waals surface area (Å²) in [5.74, 6) is -8.20. The van der Waals surface area contributed by atoms with Gasteiger partial charge in [-0.25, -0.2) is 13.6 Å². The van der Waals surface area contributed by atoms with E-state index < -0.39 is 79.1 Å². The third kappa shape index (κ3) is 12.6. The summed E-state index contributed by atoms with van der Waals surface area (Å²) in [6.07, 6.45) is 1.31. The summed E-state index contributed by atoms with van der Waals surface area (Å²) in [5.41, 5.74) is 16.6. The van der Waals surface area contributed by atoms with Crippen molar-refractivity contribution in [3.8, 4) is 6.07 Å². The van der Waals surface area contributed by atoms with Gasteiger partial charge in [-0.2, -0.15) is 5.26 Å². The first kappa shape index (κ1) is 41.5. The number of nitriles is 1. The van der Waals surface area contributed by atoms with Gasteiger partial charge in [-0.3, -0.25) is 33.9 Å². The molecule has 2 aromatic rings. The fourth-order valence-electron chi connectivity index (χ4n) is 5.52. The summed E-state index contributed by atoms with van der Waals surface area (Å²) in [7, 11) is 0. The molecule has 2 heterocycles. The monoisotopic (exact) mass is 743 g/mol. The Kier molecular flexibility index (Phi) is 15.3. The number of aliphatic carboxylic acids is 1. The van der Waals surface area contributed by atoms with E-state index >= 15 is 0 Å². The maximum absolute atomic E-state index is 13.8. The highest BCUT2D eigenvalue weighted by Gasteiger charge is 2.47. The zero-order valence-electron chi connectivity index (χ0n) is 28.8. The molecule has 3 atom stereocenters. The number of carboxylic acid groups (broad SMARTS) is 1. The fraction of sp³-hybridized carbons (Fsp3) is 0.485. The minimum Gasteiger partial charge on any atom is -0.480 e. The van der Waals surface area contributed by atoms with Gasteiger partial charge in [0.15, 0.2) is 5.96 Å². The number of benzene rings is 1. The first-order valence-electron chi connectivity index (χ1n) is 16.8. The van der Waals surface area contributed by atoms with Gasteiger partial charge in [0.2, 0.25) is 23.6 Å². The minimum atomic E-state index is -3.21. The number of carboxylic acids is 1. The zero-order valence-corrected chi connectivity index (χ0v) is 28.8. The smallest absolute Gasteiger partial charge is 0.326 e. The van der Waals surface area contributed by atoms with E-state index in [-0.39, 0.29) is 66.8 Å². The van der Waals surface area contributed by atoms with Crippen molar-refractivity contribution in [2.75, 3.05) is 31.5 Å². The molecule has 0 unspecified atom stereocenters. The van der Waals surface area contributed by atoms with Gasteiger partial charge < -0.3 is 48.5 Å². The Labute approximate surface area is 302 Å². The number of nitrogens with two attached hydrogens (primary N) is 3. The highest BCUT2D eigenvalue weighted by atomic mass is 19.3. The van der Waals surface area contributed by atoms with Crippen LogP contribution in [0.4, 0.5) is 14.5 Å². The van der Waals surface area contributed by atoms with E-state index in [0.29, 0.717) is 19.4 Å². The number of nitrogens with zero attached hydrogens (tertiary/aromatic N) is 4. The van der Waals surface area contributed by atoms with Crippen molar-refractivity contribution >= 4 is 58.1 Å². The Balaban J connectivity index is 1.62. The molecule has 3 rings (SSSR count). The third-order valence-electron chi connectivity index (χ3n) is 8.17. The number of hydrogen-bond donors (Lipinski definition) is 8. The molecule has 18 nitrogen and oxygen atoms in total. The van der Waals surface area contributed by atoms with E-state index in [1.54, 1.807) is 12.1 Å². The maximum Gasteiger partial charge on any atom is 0.326 e. The van der Waals surface area contributed by atoms with E-state index in [4.69, 9.17) is 22.5 Å². The molecule has 20 heteroatoms. The predicted molar refractivity (Wildman–Crippen MR) is 187 cm³/mol. The van der Waals surface area contributed by atoms with Crippen molar-refractivity contribution in [3.05, 3.63) is 36.0 Å². The summed E-state index contributed by atoms with van der Waals surface area (Å²) < 4.78 is 27.5. The van der Waals surface area contributed by atoms with Crippen LogP contribution in [-0.2, 0) is 24.0 Å². The molecule has 1 saturated heterocycles. The number of pyridine rings is 1. The fourth-order valence-corrected chi connectivity index (χ4v) is 5.52. The third-order valence-corrected chi connectivity index (χ3v) is 8.17. The molecule has 53 heavy (non-hydrogen) atoms. The average molecular weight is 744 g/mol. The van der Waals surface area contributed by atoms with Gasteiger partial charge in [0.05, 0.1) is 35.9 Å². The van der Waals surface area contributed by atoms with Gasteiger partial charge in [-0.15, -0.1) is 0 Å². The van der Waals surface area contributed by atoms with E-state index in [1.807, 2.05) is 0 Å². The van der Waals surface area contributed by atoms with Gasteiger partial charge in [-0.05, 0) is 50.8 Å². The van der Waals surface area contributed by atoms with Crippen molar-refractivity contribution in [1.82, 2.24) is 25.8 Å². The van der Waals surface area contributed by atoms with E-state index in [9.17, 15) is 42.7 Å². The standard InChI is InChI=1S/C33H43F2N11O7/c34-33(35)15-19(16-37)46(18-33)27(49)17-42-29(50)21-11-14-40-28-20(21)5-3-7-22(28)43-25(47)9-10-26(48)44-23(8-4-13-41-32(38)39)30(51)45-24(31(52)53)6-1-2-12-36/h3,5,7,11,14,19,23-24H,1-2,4,6,8-10,12-13,15,17-18,36H2,(H,42,50)(H,43,47)(H,44,48)(H,45,51)(H,52,53)(H4,38,39,41)/t19-,23-,24-/m0/s1. The maximum atomic E-state index is 13.8. The van der Waals surface area contributed by atoms with Crippen LogP contribution in [0.2, 0.25) is 0 Å². The lowest BCUT2D eigenvalue weighted by atomic mass is 10.1. The Bertz CT molecular complexity index is 1750. The van der Waals surface area contributed by atoms with Gasteiger partial charge in [0, 0.05) is 37.4 Å². The minimum absolute atomic E-state index is 0.0653. The number of hydrogen-bond acceptors (Lipinski definition) is 10. The molecule has 0 aliphatic carbocycles. The molecule has 1 aliphatic rings. The number of guanidine groups is 1. The SMILES string of the molecule is N#C[C@@H]1CC(F)(F)CN1C(=O)CNC(=O)c1ccnc2c(NC(=O)CCC(=O)N[C@@H](CCCN=C(N)N)C(=O)N[C@@H](CCCCN)C(=O)O)cccc12. The number of nitrogens with one attached hydrogen (secondary N) is 4. The van der Waals surface area contributed by atoms with Crippen LogP contribution in [0.25, 0.3) is 10.9 Å². The lowest BCUT2D eigenvalue weighted by Gasteiger charge is -2.21. The number of carbonyl (C=O) groups is 6. The molecule has 11 N–H and O–H groups in total. The van der Waals surface area contributed by atoms with Crippen molar-refractivity contribution in [2.24, 2.45) is 22.2 Å². The van der Waals surface area contributed by atoms with Crippen LogP contribution in [-0.4, -0.2) is 107 Å². The van der Waals surface area contributed by atoms with Crippen LogP contribution in [0.3, 0.4) is 0 Å². The zero-order chi connectivity index (χ0) is 39.1. The van der Waals surface area contributed by atoms with Crippen LogP contribution in [0.5, 0.6) is 0 Å². The second kappa shape index (κ2) is 19.6. The number of para-hydroxylation sites is 1. The Hall–Kier alpha value is -5.97. The predicted octanol–water partition coefficient (Wildman–Crippen LogP) is -0.320. The topological polar surface area (TPSA) is 301 Å². The summed E-state index contributed by atoms with van der Waals surface area (Å²) in [5, 5.41) is 29.0. The summed E-state index contributed by atoms with van der Waals surface area (Å²) in [6, 6.07) is 3.95. The van der Waals surface area contributed by atoms with Crippen LogP contribution in [0.15, 0.2) is 35.5 Å². The highest BCUT2D eigenvalue weighted by molar-refractivity contribution is 6.10. The molecule has 5 amide bonds. The quantitative estimate of drug-likeness (QED) is 0.0522. The number of anilines is 1. The molecule has 1 aliphatic heterocycles.